The zero-order valence-corrected chi connectivity index (χ0v) is 11.3. The van der Waals surface area contributed by atoms with Crippen LogP contribution in [0.25, 0.3) is 0 Å². The molecule has 0 bridgehead atoms. The van der Waals surface area contributed by atoms with Crippen LogP contribution in [-0.2, 0) is 20.8 Å². The van der Waals surface area contributed by atoms with Gasteiger partial charge in [0.2, 0.25) is 0 Å². The molecule has 0 amide bonds. The van der Waals surface area contributed by atoms with E-state index in [0.29, 0.717) is 13.2 Å². The minimum atomic E-state index is -0.314. The molecule has 1 aliphatic heterocycles. The Morgan fingerprint density at radius 1 is 1.28 bits per heavy atom. The SMILES string of the molecule is COC1OC(COCc2ccccc2)CCC1Cl. The number of hydrogen-bond donors (Lipinski definition) is 0. The van der Waals surface area contributed by atoms with E-state index < -0.39 is 0 Å². The summed E-state index contributed by atoms with van der Waals surface area (Å²) in [7, 11) is 1.62. The first-order valence-corrected chi connectivity index (χ1v) is 6.67. The van der Waals surface area contributed by atoms with E-state index in [1.807, 2.05) is 18.2 Å². The molecule has 0 N–H and O–H groups in total. The quantitative estimate of drug-likeness (QED) is 0.770. The molecule has 3 unspecified atom stereocenters. The first-order valence-electron chi connectivity index (χ1n) is 6.23. The topological polar surface area (TPSA) is 27.7 Å². The lowest BCUT2D eigenvalue weighted by atomic mass is 10.1. The van der Waals surface area contributed by atoms with E-state index in [9.17, 15) is 0 Å². The van der Waals surface area contributed by atoms with Gasteiger partial charge in [-0.3, -0.25) is 0 Å². The van der Waals surface area contributed by atoms with Crippen molar-refractivity contribution in [3.63, 3.8) is 0 Å². The molecule has 4 heteroatoms. The standard InChI is InChI=1S/C14H19ClO3/c1-16-14-13(15)8-7-12(18-14)10-17-9-11-5-3-2-4-6-11/h2-6,12-14H,7-10H2,1H3. The van der Waals surface area contributed by atoms with Gasteiger partial charge in [-0.2, -0.15) is 0 Å². The molecule has 1 fully saturated rings. The maximum absolute atomic E-state index is 6.09. The summed E-state index contributed by atoms with van der Waals surface area (Å²) in [6, 6.07) is 10.1. The van der Waals surface area contributed by atoms with Gasteiger partial charge < -0.3 is 14.2 Å². The number of halogens is 1. The lowest BCUT2D eigenvalue weighted by Gasteiger charge is -2.32. The van der Waals surface area contributed by atoms with Crippen LogP contribution in [0.4, 0.5) is 0 Å². The molecule has 1 aromatic carbocycles. The highest BCUT2D eigenvalue weighted by Crippen LogP contribution is 2.24. The second kappa shape index (κ2) is 7.10. The molecule has 1 saturated heterocycles. The van der Waals surface area contributed by atoms with Crippen LogP contribution >= 0.6 is 11.6 Å². The molecule has 3 atom stereocenters. The van der Waals surface area contributed by atoms with Gasteiger partial charge in [-0.15, -0.1) is 11.6 Å². The van der Waals surface area contributed by atoms with Gasteiger partial charge in [-0.05, 0) is 18.4 Å². The molecule has 0 aromatic heterocycles. The summed E-state index contributed by atoms with van der Waals surface area (Å²) in [5.74, 6) is 0. The van der Waals surface area contributed by atoms with E-state index in [1.165, 1.54) is 5.56 Å². The van der Waals surface area contributed by atoms with E-state index >= 15 is 0 Å². The van der Waals surface area contributed by atoms with Crippen LogP contribution in [0.2, 0.25) is 0 Å². The predicted octanol–water partition coefficient (Wildman–Crippen LogP) is 2.96. The van der Waals surface area contributed by atoms with E-state index in [4.69, 9.17) is 25.8 Å². The first-order chi connectivity index (χ1) is 8.79. The third-order valence-corrected chi connectivity index (χ3v) is 3.46. The van der Waals surface area contributed by atoms with Crippen LogP contribution < -0.4 is 0 Å². The summed E-state index contributed by atoms with van der Waals surface area (Å²) >= 11 is 6.09. The third-order valence-electron chi connectivity index (χ3n) is 3.03. The van der Waals surface area contributed by atoms with Crippen molar-refractivity contribution in [2.45, 2.75) is 37.2 Å². The Labute approximate surface area is 113 Å². The largest absolute Gasteiger partial charge is 0.374 e. The molecule has 3 nitrogen and oxygen atoms in total. The lowest BCUT2D eigenvalue weighted by Crippen LogP contribution is -2.39. The fraction of sp³-hybridized carbons (Fsp3) is 0.571. The normalized spacial score (nSPS) is 28.2. The maximum Gasteiger partial charge on any atom is 0.173 e. The predicted molar refractivity (Wildman–Crippen MR) is 70.6 cm³/mol. The summed E-state index contributed by atoms with van der Waals surface area (Å²) in [5.41, 5.74) is 1.17. The van der Waals surface area contributed by atoms with E-state index in [2.05, 4.69) is 12.1 Å². The van der Waals surface area contributed by atoms with Crippen LogP contribution in [0.3, 0.4) is 0 Å². The molecular weight excluding hydrogens is 252 g/mol. The minimum Gasteiger partial charge on any atom is -0.374 e. The van der Waals surface area contributed by atoms with Crippen molar-refractivity contribution in [3.05, 3.63) is 35.9 Å². The summed E-state index contributed by atoms with van der Waals surface area (Å²) in [5, 5.41) is -0.0552. The van der Waals surface area contributed by atoms with Crippen molar-refractivity contribution < 1.29 is 14.2 Å². The molecule has 100 valence electrons. The van der Waals surface area contributed by atoms with Gasteiger partial charge in [0.05, 0.1) is 24.7 Å². The highest BCUT2D eigenvalue weighted by Gasteiger charge is 2.29. The zero-order valence-electron chi connectivity index (χ0n) is 10.5. The minimum absolute atomic E-state index is 0.0552. The molecular formula is C14H19ClO3. The molecule has 0 spiro atoms. The lowest BCUT2D eigenvalue weighted by molar-refractivity contribution is -0.190. The Morgan fingerprint density at radius 2 is 2.06 bits per heavy atom. The van der Waals surface area contributed by atoms with E-state index in [0.717, 1.165) is 12.8 Å². The molecule has 1 aliphatic rings. The van der Waals surface area contributed by atoms with Crippen LogP contribution in [-0.4, -0.2) is 31.5 Å². The average Bonchev–Trinajstić information content (AvgIpc) is 2.42. The molecule has 0 aliphatic carbocycles. The second-order valence-corrected chi connectivity index (χ2v) is 5.02. The summed E-state index contributed by atoms with van der Waals surface area (Å²) < 4.78 is 16.6. The van der Waals surface area contributed by atoms with Crippen molar-refractivity contribution in [1.82, 2.24) is 0 Å². The fourth-order valence-electron chi connectivity index (χ4n) is 2.03. The van der Waals surface area contributed by atoms with Gasteiger partial charge >= 0.3 is 0 Å². The molecule has 1 aromatic rings. The van der Waals surface area contributed by atoms with Crippen LogP contribution in [0.15, 0.2) is 30.3 Å². The number of ether oxygens (including phenoxy) is 3. The van der Waals surface area contributed by atoms with Crippen LogP contribution in [0.5, 0.6) is 0 Å². The van der Waals surface area contributed by atoms with Gasteiger partial charge in [-0.1, -0.05) is 30.3 Å². The van der Waals surface area contributed by atoms with Crippen molar-refractivity contribution in [2.24, 2.45) is 0 Å². The highest BCUT2D eigenvalue weighted by atomic mass is 35.5. The number of hydrogen-bond acceptors (Lipinski definition) is 3. The number of methoxy groups -OCH3 is 1. The van der Waals surface area contributed by atoms with Crippen molar-refractivity contribution in [3.8, 4) is 0 Å². The average molecular weight is 271 g/mol. The third kappa shape index (κ3) is 3.95. The molecule has 0 radical (unpaired) electrons. The fourth-order valence-corrected chi connectivity index (χ4v) is 2.32. The Bertz CT molecular complexity index is 344. The summed E-state index contributed by atoms with van der Waals surface area (Å²) in [4.78, 5) is 0. The number of alkyl halides is 1. The first kappa shape index (κ1) is 13.8. The summed E-state index contributed by atoms with van der Waals surface area (Å²) in [6.45, 7) is 1.20. The van der Waals surface area contributed by atoms with Gasteiger partial charge in [0.1, 0.15) is 0 Å². The Morgan fingerprint density at radius 3 is 2.78 bits per heavy atom. The molecule has 2 rings (SSSR count). The Balaban J connectivity index is 1.71. The molecule has 18 heavy (non-hydrogen) atoms. The van der Waals surface area contributed by atoms with Gasteiger partial charge in [-0.25, -0.2) is 0 Å². The molecule has 0 saturated carbocycles. The molecule has 1 heterocycles. The second-order valence-electron chi connectivity index (χ2n) is 4.46. The number of rotatable bonds is 5. The maximum atomic E-state index is 6.09. The number of benzene rings is 1. The Hall–Kier alpha value is -0.610. The van der Waals surface area contributed by atoms with Gasteiger partial charge in [0.15, 0.2) is 6.29 Å². The highest BCUT2D eigenvalue weighted by molar-refractivity contribution is 6.20. The zero-order chi connectivity index (χ0) is 12.8. The van der Waals surface area contributed by atoms with Crippen molar-refractivity contribution in [1.29, 1.82) is 0 Å². The van der Waals surface area contributed by atoms with Crippen LogP contribution in [0, 0.1) is 0 Å². The summed E-state index contributed by atoms with van der Waals surface area (Å²) in [6.07, 6.45) is 1.59. The van der Waals surface area contributed by atoms with Crippen molar-refractivity contribution in [2.75, 3.05) is 13.7 Å². The van der Waals surface area contributed by atoms with E-state index in [-0.39, 0.29) is 17.8 Å². The van der Waals surface area contributed by atoms with Gasteiger partial charge in [0.25, 0.3) is 0 Å². The smallest absolute Gasteiger partial charge is 0.173 e. The van der Waals surface area contributed by atoms with Gasteiger partial charge in [0, 0.05) is 7.11 Å². The van der Waals surface area contributed by atoms with Crippen molar-refractivity contribution >= 4 is 11.6 Å². The monoisotopic (exact) mass is 270 g/mol. The van der Waals surface area contributed by atoms with Crippen LogP contribution in [0.1, 0.15) is 18.4 Å². The van der Waals surface area contributed by atoms with E-state index in [1.54, 1.807) is 7.11 Å². The Kier molecular flexibility index (Phi) is 5.45.